The molecule has 6 nitrogen and oxygen atoms in total. The van der Waals surface area contributed by atoms with Crippen LogP contribution in [0.25, 0.3) is 5.65 Å². The van der Waals surface area contributed by atoms with Gasteiger partial charge in [-0.1, -0.05) is 30.3 Å². The molecule has 0 aliphatic rings. The lowest BCUT2D eigenvalue weighted by Gasteiger charge is -2.22. The molecule has 0 bridgehead atoms. The molecule has 2 aromatic carbocycles. The van der Waals surface area contributed by atoms with Crippen LogP contribution in [0, 0.1) is 17.1 Å². The van der Waals surface area contributed by atoms with E-state index in [0.29, 0.717) is 37.4 Å². The minimum absolute atomic E-state index is 0.185. The van der Waals surface area contributed by atoms with Gasteiger partial charge in [-0.25, -0.2) is 13.9 Å². The third-order valence-electron chi connectivity index (χ3n) is 4.90. The van der Waals surface area contributed by atoms with Crippen molar-refractivity contribution < 1.29 is 4.39 Å². The maximum absolute atomic E-state index is 13.6. The van der Waals surface area contributed by atoms with Crippen molar-refractivity contribution in [2.45, 2.75) is 19.6 Å². The zero-order valence-electron chi connectivity index (χ0n) is 16.3. The molecule has 0 N–H and O–H groups in total. The van der Waals surface area contributed by atoms with Crippen LogP contribution in [0.15, 0.2) is 77.7 Å². The van der Waals surface area contributed by atoms with Crippen molar-refractivity contribution in [3.05, 3.63) is 106 Å². The van der Waals surface area contributed by atoms with E-state index in [0.717, 1.165) is 11.1 Å². The van der Waals surface area contributed by atoms with Gasteiger partial charge in [0, 0.05) is 25.8 Å². The number of hydrogen-bond donors (Lipinski definition) is 0. The Hall–Kier alpha value is -3.76. The van der Waals surface area contributed by atoms with E-state index < -0.39 is 0 Å². The standard InChI is InChI=1S/C23H20FN5O/c24-21-5-3-4-20(14-21)17-27(16-19-9-7-18(15-25)8-10-19)12-13-29-23(30)28-11-2-1-6-22(28)26-29/h1-11,14H,12-13,16-17H2. The summed E-state index contributed by atoms with van der Waals surface area (Å²) >= 11 is 0. The molecule has 0 radical (unpaired) electrons. The third kappa shape index (κ3) is 4.45. The minimum atomic E-state index is -0.276. The average Bonchev–Trinajstić information content (AvgIpc) is 3.08. The second-order valence-corrected chi connectivity index (χ2v) is 7.08. The summed E-state index contributed by atoms with van der Waals surface area (Å²) in [5.41, 5.74) is 2.91. The number of pyridine rings is 1. The minimum Gasteiger partial charge on any atom is -0.293 e. The summed E-state index contributed by atoms with van der Waals surface area (Å²) in [5, 5.41) is 13.4. The maximum atomic E-state index is 13.6. The number of halogens is 1. The molecular formula is C23H20FN5O. The highest BCUT2D eigenvalue weighted by molar-refractivity contribution is 5.35. The van der Waals surface area contributed by atoms with Gasteiger partial charge in [0.2, 0.25) is 0 Å². The monoisotopic (exact) mass is 401 g/mol. The van der Waals surface area contributed by atoms with Gasteiger partial charge in [0.25, 0.3) is 0 Å². The van der Waals surface area contributed by atoms with E-state index in [4.69, 9.17) is 5.26 Å². The van der Waals surface area contributed by atoms with E-state index in [1.54, 1.807) is 36.5 Å². The van der Waals surface area contributed by atoms with Crippen molar-refractivity contribution in [1.29, 1.82) is 5.26 Å². The van der Waals surface area contributed by atoms with E-state index in [-0.39, 0.29) is 11.5 Å². The Kier molecular flexibility index (Phi) is 5.68. The van der Waals surface area contributed by atoms with Gasteiger partial charge < -0.3 is 0 Å². The van der Waals surface area contributed by atoms with E-state index in [9.17, 15) is 9.18 Å². The van der Waals surface area contributed by atoms with Gasteiger partial charge in [0.05, 0.1) is 18.2 Å². The van der Waals surface area contributed by atoms with Gasteiger partial charge in [0.15, 0.2) is 5.65 Å². The smallest absolute Gasteiger partial charge is 0.293 e. The zero-order valence-corrected chi connectivity index (χ0v) is 16.3. The van der Waals surface area contributed by atoms with Crippen molar-refractivity contribution in [2.75, 3.05) is 6.54 Å². The van der Waals surface area contributed by atoms with Crippen molar-refractivity contribution in [2.24, 2.45) is 0 Å². The van der Waals surface area contributed by atoms with Gasteiger partial charge >= 0.3 is 5.69 Å². The first kappa shape index (κ1) is 19.6. The highest BCUT2D eigenvalue weighted by Crippen LogP contribution is 2.12. The molecule has 0 aliphatic carbocycles. The summed E-state index contributed by atoms with van der Waals surface area (Å²) in [6.07, 6.45) is 1.70. The van der Waals surface area contributed by atoms with Crippen molar-refractivity contribution in [1.82, 2.24) is 19.1 Å². The number of fused-ring (bicyclic) bond motifs is 1. The normalized spacial score (nSPS) is 11.1. The lowest BCUT2D eigenvalue weighted by molar-refractivity contribution is 0.240. The number of rotatable bonds is 7. The molecule has 2 aromatic heterocycles. The number of aromatic nitrogens is 3. The first-order valence-electron chi connectivity index (χ1n) is 9.62. The van der Waals surface area contributed by atoms with E-state index in [1.807, 2.05) is 24.3 Å². The van der Waals surface area contributed by atoms with Crippen LogP contribution in [0.3, 0.4) is 0 Å². The van der Waals surface area contributed by atoms with Crippen molar-refractivity contribution in [3.63, 3.8) is 0 Å². The molecule has 7 heteroatoms. The fourth-order valence-corrected chi connectivity index (χ4v) is 3.40. The van der Waals surface area contributed by atoms with Crippen LogP contribution in [0.5, 0.6) is 0 Å². The number of nitriles is 1. The van der Waals surface area contributed by atoms with Gasteiger partial charge in [0.1, 0.15) is 5.82 Å². The second-order valence-electron chi connectivity index (χ2n) is 7.08. The topological polar surface area (TPSA) is 66.3 Å². The number of hydrogen-bond acceptors (Lipinski definition) is 4. The molecule has 4 rings (SSSR count). The lowest BCUT2D eigenvalue weighted by Crippen LogP contribution is -2.31. The summed E-state index contributed by atoms with van der Waals surface area (Å²) in [7, 11) is 0. The Bertz CT molecular complexity index is 1250. The van der Waals surface area contributed by atoms with Crippen LogP contribution < -0.4 is 5.69 Å². The first-order valence-corrected chi connectivity index (χ1v) is 9.62. The van der Waals surface area contributed by atoms with Crippen molar-refractivity contribution in [3.8, 4) is 6.07 Å². The number of nitrogens with zero attached hydrogens (tertiary/aromatic N) is 5. The predicted octanol–water partition coefficient (Wildman–Crippen LogP) is 3.21. The molecular weight excluding hydrogens is 381 g/mol. The van der Waals surface area contributed by atoms with Crippen LogP contribution in [0.2, 0.25) is 0 Å². The van der Waals surface area contributed by atoms with Gasteiger partial charge in [-0.05, 0) is 47.5 Å². The Labute approximate surface area is 173 Å². The second kappa shape index (κ2) is 8.72. The van der Waals surface area contributed by atoms with Crippen molar-refractivity contribution >= 4 is 5.65 Å². The Morgan fingerprint density at radius 2 is 1.80 bits per heavy atom. The number of benzene rings is 2. The Morgan fingerprint density at radius 3 is 2.53 bits per heavy atom. The van der Waals surface area contributed by atoms with E-state index in [1.165, 1.54) is 21.2 Å². The highest BCUT2D eigenvalue weighted by Gasteiger charge is 2.11. The van der Waals surface area contributed by atoms with Crippen LogP contribution in [-0.4, -0.2) is 25.6 Å². The van der Waals surface area contributed by atoms with Gasteiger partial charge in [-0.2, -0.15) is 5.26 Å². The van der Waals surface area contributed by atoms with Crippen LogP contribution in [-0.2, 0) is 19.6 Å². The summed E-state index contributed by atoms with van der Waals surface area (Å²) in [4.78, 5) is 14.7. The molecule has 0 aliphatic heterocycles. The molecule has 2 heterocycles. The molecule has 0 unspecified atom stereocenters. The summed E-state index contributed by atoms with van der Waals surface area (Å²) in [5.74, 6) is -0.276. The fourth-order valence-electron chi connectivity index (χ4n) is 3.40. The summed E-state index contributed by atoms with van der Waals surface area (Å²) in [6, 6.07) is 21.4. The summed E-state index contributed by atoms with van der Waals surface area (Å²) in [6.45, 7) is 2.09. The molecule has 0 spiro atoms. The highest BCUT2D eigenvalue weighted by atomic mass is 19.1. The average molecular weight is 401 g/mol. The molecule has 0 saturated carbocycles. The molecule has 4 aromatic rings. The molecule has 30 heavy (non-hydrogen) atoms. The van der Waals surface area contributed by atoms with Crippen LogP contribution in [0.4, 0.5) is 4.39 Å². The largest absolute Gasteiger partial charge is 0.350 e. The molecule has 0 amide bonds. The first-order chi connectivity index (χ1) is 14.6. The van der Waals surface area contributed by atoms with Gasteiger partial charge in [-0.3, -0.25) is 9.30 Å². The molecule has 0 saturated heterocycles. The Morgan fingerprint density at radius 1 is 1.00 bits per heavy atom. The zero-order chi connectivity index (χ0) is 20.9. The lowest BCUT2D eigenvalue weighted by atomic mass is 10.1. The van der Waals surface area contributed by atoms with E-state index in [2.05, 4.69) is 16.1 Å². The Balaban J connectivity index is 1.54. The maximum Gasteiger partial charge on any atom is 0.350 e. The van der Waals surface area contributed by atoms with Crippen LogP contribution in [0.1, 0.15) is 16.7 Å². The summed E-state index contributed by atoms with van der Waals surface area (Å²) < 4.78 is 16.6. The van der Waals surface area contributed by atoms with E-state index >= 15 is 0 Å². The molecule has 0 fully saturated rings. The quantitative estimate of drug-likeness (QED) is 0.477. The van der Waals surface area contributed by atoms with Gasteiger partial charge in [-0.15, -0.1) is 5.10 Å². The molecule has 150 valence electrons. The predicted molar refractivity (Wildman–Crippen MR) is 111 cm³/mol. The fraction of sp³-hybridized carbons (Fsp3) is 0.174. The van der Waals surface area contributed by atoms with Crippen LogP contribution >= 0.6 is 0 Å². The molecule has 0 atom stereocenters. The SMILES string of the molecule is N#Cc1ccc(CN(CCn2nc3ccccn3c2=O)Cc2cccc(F)c2)cc1. The third-order valence-corrected chi connectivity index (χ3v) is 4.90.